The van der Waals surface area contributed by atoms with Gasteiger partial charge < -0.3 is 15.2 Å². The number of fused-ring (bicyclic) bond motifs is 1. The number of carboxylic acid groups (broad SMARTS) is 1. The van der Waals surface area contributed by atoms with E-state index in [2.05, 4.69) is 5.32 Å². The Morgan fingerprint density at radius 1 is 1.53 bits per heavy atom. The van der Waals surface area contributed by atoms with Gasteiger partial charge in [0.2, 0.25) is 0 Å². The van der Waals surface area contributed by atoms with Gasteiger partial charge in [-0.3, -0.25) is 0 Å². The first-order chi connectivity index (χ1) is 7.24. The van der Waals surface area contributed by atoms with Crippen LogP contribution in [0.3, 0.4) is 0 Å². The van der Waals surface area contributed by atoms with Crippen molar-refractivity contribution >= 4 is 5.97 Å². The van der Waals surface area contributed by atoms with Crippen LogP contribution < -0.4 is 10.1 Å². The molecule has 0 amide bonds. The zero-order valence-electron chi connectivity index (χ0n) is 8.54. The van der Waals surface area contributed by atoms with Gasteiger partial charge in [-0.2, -0.15) is 0 Å². The lowest BCUT2D eigenvalue weighted by atomic mass is 9.97. The molecule has 0 atom stereocenters. The van der Waals surface area contributed by atoms with E-state index in [1.165, 1.54) is 12.7 Å². The van der Waals surface area contributed by atoms with E-state index < -0.39 is 5.97 Å². The number of nitrogens with one attached hydrogen (secondary N) is 1. The molecular weight excluding hydrogens is 194 g/mol. The van der Waals surface area contributed by atoms with Gasteiger partial charge in [-0.25, -0.2) is 4.79 Å². The predicted octanol–water partition coefficient (Wildman–Crippen LogP) is 1.04. The van der Waals surface area contributed by atoms with Crippen LogP contribution in [0.25, 0.3) is 0 Å². The zero-order chi connectivity index (χ0) is 10.8. The molecule has 0 aliphatic carbocycles. The Balaban J connectivity index is 2.56. The third-order valence-corrected chi connectivity index (χ3v) is 2.66. The van der Waals surface area contributed by atoms with Crippen molar-refractivity contribution in [2.24, 2.45) is 0 Å². The predicted molar refractivity (Wildman–Crippen MR) is 55.4 cm³/mol. The molecule has 15 heavy (non-hydrogen) atoms. The minimum Gasteiger partial charge on any atom is -0.496 e. The summed E-state index contributed by atoms with van der Waals surface area (Å²) >= 11 is 0. The Morgan fingerprint density at radius 3 is 3.00 bits per heavy atom. The van der Waals surface area contributed by atoms with Crippen LogP contribution in [0.1, 0.15) is 21.5 Å². The number of ether oxygens (including phenoxy) is 1. The third-order valence-electron chi connectivity index (χ3n) is 2.66. The molecule has 1 aliphatic rings. The summed E-state index contributed by atoms with van der Waals surface area (Å²) in [5, 5.41) is 12.2. The number of aromatic carboxylic acids is 1. The number of benzene rings is 1. The van der Waals surface area contributed by atoms with Crippen molar-refractivity contribution in [3.05, 3.63) is 28.8 Å². The first kappa shape index (κ1) is 9.98. The van der Waals surface area contributed by atoms with Gasteiger partial charge >= 0.3 is 5.97 Å². The minimum atomic E-state index is -0.944. The second-order valence-corrected chi connectivity index (χ2v) is 3.52. The van der Waals surface area contributed by atoms with E-state index in [1.807, 2.05) is 6.07 Å². The maximum atomic E-state index is 11.0. The van der Waals surface area contributed by atoms with E-state index in [0.29, 0.717) is 12.3 Å². The Hall–Kier alpha value is -1.55. The highest BCUT2D eigenvalue weighted by Crippen LogP contribution is 2.29. The van der Waals surface area contributed by atoms with Crippen LogP contribution >= 0.6 is 0 Å². The van der Waals surface area contributed by atoms with E-state index in [0.717, 1.165) is 18.5 Å². The molecule has 1 heterocycles. The lowest BCUT2D eigenvalue weighted by Crippen LogP contribution is -2.24. The topological polar surface area (TPSA) is 58.6 Å². The number of methoxy groups -OCH3 is 1. The molecule has 0 radical (unpaired) electrons. The maximum absolute atomic E-state index is 11.0. The summed E-state index contributed by atoms with van der Waals surface area (Å²) in [5.74, 6) is -0.451. The molecule has 4 heteroatoms. The number of carbonyl (C=O) groups is 1. The fourth-order valence-electron chi connectivity index (χ4n) is 1.93. The quantitative estimate of drug-likeness (QED) is 0.760. The number of hydrogen-bond donors (Lipinski definition) is 2. The molecule has 1 aliphatic heterocycles. The number of carboxylic acids is 1. The van der Waals surface area contributed by atoms with Gasteiger partial charge in [0.1, 0.15) is 11.3 Å². The second kappa shape index (κ2) is 3.90. The standard InChI is InChI=1S/C11H13NO3/c1-15-10-8(11(13)14)3-2-7-4-5-12-6-9(7)10/h2-3,12H,4-6H2,1H3,(H,13,14). The van der Waals surface area contributed by atoms with Crippen LogP contribution in [-0.2, 0) is 13.0 Å². The summed E-state index contributed by atoms with van der Waals surface area (Å²) in [6.07, 6.45) is 0.922. The van der Waals surface area contributed by atoms with E-state index in [1.54, 1.807) is 6.07 Å². The number of rotatable bonds is 2. The first-order valence-corrected chi connectivity index (χ1v) is 4.87. The van der Waals surface area contributed by atoms with Gasteiger partial charge in [-0.15, -0.1) is 0 Å². The van der Waals surface area contributed by atoms with Crippen molar-refractivity contribution in [2.45, 2.75) is 13.0 Å². The number of hydrogen-bond acceptors (Lipinski definition) is 3. The third kappa shape index (κ3) is 1.68. The van der Waals surface area contributed by atoms with Crippen molar-refractivity contribution in [1.82, 2.24) is 5.32 Å². The smallest absolute Gasteiger partial charge is 0.339 e. The SMILES string of the molecule is COc1c(C(=O)O)ccc2c1CNCC2. The Morgan fingerprint density at radius 2 is 2.33 bits per heavy atom. The Labute approximate surface area is 87.9 Å². The van der Waals surface area contributed by atoms with Crippen molar-refractivity contribution in [1.29, 1.82) is 0 Å². The van der Waals surface area contributed by atoms with Crippen molar-refractivity contribution < 1.29 is 14.6 Å². The molecule has 4 nitrogen and oxygen atoms in total. The van der Waals surface area contributed by atoms with Gasteiger partial charge in [-0.05, 0) is 24.6 Å². The summed E-state index contributed by atoms with van der Waals surface area (Å²) in [5.41, 5.74) is 2.39. The van der Waals surface area contributed by atoms with Crippen LogP contribution in [0.15, 0.2) is 12.1 Å². The lowest BCUT2D eigenvalue weighted by molar-refractivity contribution is 0.0693. The summed E-state index contributed by atoms with van der Waals surface area (Å²) in [4.78, 5) is 11.0. The summed E-state index contributed by atoms with van der Waals surface area (Å²) in [6.45, 7) is 1.61. The monoisotopic (exact) mass is 207 g/mol. The van der Waals surface area contributed by atoms with Gasteiger partial charge in [0.25, 0.3) is 0 Å². The second-order valence-electron chi connectivity index (χ2n) is 3.52. The van der Waals surface area contributed by atoms with Crippen molar-refractivity contribution in [2.75, 3.05) is 13.7 Å². The van der Waals surface area contributed by atoms with Crippen LogP contribution in [0, 0.1) is 0 Å². The molecule has 0 spiro atoms. The Bertz CT molecular complexity index is 401. The molecule has 0 saturated carbocycles. The molecule has 2 rings (SSSR count). The Kier molecular flexibility index (Phi) is 2.60. The summed E-state index contributed by atoms with van der Waals surface area (Å²) in [7, 11) is 1.51. The van der Waals surface area contributed by atoms with Crippen LogP contribution in [0.4, 0.5) is 0 Å². The van der Waals surface area contributed by atoms with Gasteiger partial charge in [0.15, 0.2) is 0 Å². The normalized spacial score (nSPS) is 14.5. The zero-order valence-corrected chi connectivity index (χ0v) is 8.54. The van der Waals surface area contributed by atoms with E-state index in [-0.39, 0.29) is 5.56 Å². The van der Waals surface area contributed by atoms with E-state index in [4.69, 9.17) is 9.84 Å². The average molecular weight is 207 g/mol. The molecule has 0 aromatic heterocycles. The van der Waals surface area contributed by atoms with Gasteiger partial charge in [0, 0.05) is 12.1 Å². The summed E-state index contributed by atoms with van der Waals surface area (Å²) < 4.78 is 5.18. The van der Waals surface area contributed by atoms with Crippen molar-refractivity contribution in [3.8, 4) is 5.75 Å². The van der Waals surface area contributed by atoms with Gasteiger partial charge in [-0.1, -0.05) is 6.07 Å². The largest absolute Gasteiger partial charge is 0.496 e. The maximum Gasteiger partial charge on any atom is 0.339 e. The molecular formula is C11H13NO3. The molecule has 1 aromatic rings. The first-order valence-electron chi connectivity index (χ1n) is 4.87. The molecule has 0 saturated heterocycles. The molecule has 1 aromatic carbocycles. The molecule has 0 fully saturated rings. The van der Waals surface area contributed by atoms with Crippen molar-refractivity contribution in [3.63, 3.8) is 0 Å². The van der Waals surface area contributed by atoms with Crippen LogP contribution in [-0.4, -0.2) is 24.7 Å². The molecule has 80 valence electrons. The molecule has 0 bridgehead atoms. The highest BCUT2D eigenvalue weighted by atomic mass is 16.5. The minimum absolute atomic E-state index is 0.236. The van der Waals surface area contributed by atoms with Gasteiger partial charge in [0.05, 0.1) is 7.11 Å². The van der Waals surface area contributed by atoms with Crippen LogP contribution in [0.2, 0.25) is 0 Å². The molecule has 2 N–H and O–H groups in total. The van der Waals surface area contributed by atoms with E-state index in [9.17, 15) is 4.79 Å². The summed E-state index contributed by atoms with van der Waals surface area (Å²) in [6, 6.07) is 3.49. The average Bonchev–Trinajstić information content (AvgIpc) is 2.27. The van der Waals surface area contributed by atoms with Crippen LogP contribution in [0.5, 0.6) is 5.75 Å². The molecule has 0 unspecified atom stereocenters. The van der Waals surface area contributed by atoms with E-state index >= 15 is 0 Å². The fraction of sp³-hybridized carbons (Fsp3) is 0.364. The highest BCUT2D eigenvalue weighted by molar-refractivity contribution is 5.91. The fourth-order valence-corrected chi connectivity index (χ4v) is 1.93. The lowest BCUT2D eigenvalue weighted by Gasteiger charge is -2.20. The highest BCUT2D eigenvalue weighted by Gasteiger charge is 2.19.